The number of ether oxygens (including phenoxy) is 1. The molecule has 2 heterocycles. The maximum Gasteiger partial charge on any atom is 0.282 e. The highest BCUT2D eigenvalue weighted by atomic mass is 35.5. The molecule has 2 amide bonds. The summed E-state index contributed by atoms with van der Waals surface area (Å²) in [5, 5.41) is 0.348. The Morgan fingerprint density at radius 1 is 0.839 bits per heavy atom. The van der Waals surface area contributed by atoms with Crippen LogP contribution >= 0.6 is 11.6 Å². The Labute approximate surface area is 185 Å². The SMILES string of the molecule is COc1ccc(C2=C(N3CCc4ccccc43)C(=O)N(c3ccccc3Cl)C2=O)cc1. The highest BCUT2D eigenvalue weighted by Crippen LogP contribution is 2.41. The number of hydrogen-bond acceptors (Lipinski definition) is 4. The molecule has 0 bridgehead atoms. The van der Waals surface area contributed by atoms with E-state index in [0.29, 0.717) is 39.8 Å². The largest absolute Gasteiger partial charge is 0.497 e. The maximum absolute atomic E-state index is 13.7. The van der Waals surface area contributed by atoms with Crippen LogP contribution in [0.5, 0.6) is 5.75 Å². The van der Waals surface area contributed by atoms with Crippen LogP contribution in [0.1, 0.15) is 11.1 Å². The number of anilines is 2. The van der Waals surface area contributed by atoms with Crippen molar-refractivity contribution >= 4 is 40.4 Å². The van der Waals surface area contributed by atoms with Crippen molar-refractivity contribution in [3.8, 4) is 5.75 Å². The van der Waals surface area contributed by atoms with Gasteiger partial charge in [-0.15, -0.1) is 0 Å². The second-order valence-electron chi connectivity index (χ2n) is 7.38. The number of nitrogens with zero attached hydrogens (tertiary/aromatic N) is 2. The van der Waals surface area contributed by atoms with Gasteiger partial charge in [-0.3, -0.25) is 9.59 Å². The highest BCUT2D eigenvalue weighted by Gasteiger charge is 2.44. The molecule has 0 fully saturated rings. The van der Waals surface area contributed by atoms with E-state index in [1.807, 2.05) is 23.1 Å². The Hall–Kier alpha value is -3.57. The molecule has 0 saturated heterocycles. The van der Waals surface area contributed by atoms with E-state index >= 15 is 0 Å². The third kappa shape index (κ3) is 3.09. The molecule has 5 nitrogen and oxygen atoms in total. The molecule has 0 saturated carbocycles. The number of amides is 2. The van der Waals surface area contributed by atoms with E-state index in [1.165, 1.54) is 4.90 Å². The maximum atomic E-state index is 13.7. The van der Waals surface area contributed by atoms with E-state index in [0.717, 1.165) is 17.7 Å². The van der Waals surface area contributed by atoms with Crippen LogP contribution in [0.15, 0.2) is 78.5 Å². The van der Waals surface area contributed by atoms with E-state index in [1.54, 1.807) is 55.6 Å². The minimum absolute atomic E-state index is 0.348. The van der Waals surface area contributed by atoms with Crippen LogP contribution in [-0.2, 0) is 16.0 Å². The first kappa shape index (κ1) is 19.4. The van der Waals surface area contributed by atoms with Gasteiger partial charge in [0.05, 0.1) is 23.4 Å². The van der Waals surface area contributed by atoms with Crippen LogP contribution in [0.25, 0.3) is 5.57 Å². The van der Waals surface area contributed by atoms with Crippen molar-refractivity contribution < 1.29 is 14.3 Å². The van der Waals surface area contributed by atoms with Crippen molar-refractivity contribution in [3.63, 3.8) is 0 Å². The number of halogens is 1. The monoisotopic (exact) mass is 430 g/mol. The van der Waals surface area contributed by atoms with Gasteiger partial charge in [-0.1, -0.05) is 54.1 Å². The zero-order valence-electron chi connectivity index (χ0n) is 16.8. The smallest absolute Gasteiger partial charge is 0.282 e. The molecule has 2 aliphatic heterocycles. The average Bonchev–Trinajstić information content (AvgIpc) is 3.32. The van der Waals surface area contributed by atoms with E-state index in [4.69, 9.17) is 16.3 Å². The number of fused-ring (bicyclic) bond motifs is 1. The molecule has 3 aromatic rings. The fourth-order valence-electron chi connectivity index (χ4n) is 4.21. The molecule has 3 aromatic carbocycles. The number of carbonyl (C=O) groups excluding carboxylic acids is 2. The van der Waals surface area contributed by atoms with E-state index in [-0.39, 0.29) is 11.8 Å². The summed E-state index contributed by atoms with van der Waals surface area (Å²) >= 11 is 6.36. The first-order valence-electron chi connectivity index (χ1n) is 9.97. The molecular formula is C25H19ClN2O3. The summed E-state index contributed by atoms with van der Waals surface area (Å²) in [5.74, 6) is -0.0829. The second-order valence-corrected chi connectivity index (χ2v) is 7.79. The van der Waals surface area contributed by atoms with E-state index in [2.05, 4.69) is 6.07 Å². The van der Waals surface area contributed by atoms with Crippen molar-refractivity contribution in [2.24, 2.45) is 0 Å². The summed E-state index contributed by atoms with van der Waals surface area (Å²) in [4.78, 5) is 30.5. The molecule has 0 spiro atoms. The van der Waals surface area contributed by atoms with Gasteiger partial charge in [-0.25, -0.2) is 4.90 Å². The van der Waals surface area contributed by atoms with Crippen molar-refractivity contribution in [2.75, 3.05) is 23.5 Å². The predicted octanol–water partition coefficient (Wildman–Crippen LogP) is 4.70. The van der Waals surface area contributed by atoms with Crippen molar-refractivity contribution in [1.29, 1.82) is 0 Å². The van der Waals surface area contributed by atoms with Crippen LogP contribution in [0.3, 0.4) is 0 Å². The standard InChI is InChI=1S/C25H19ClN2O3/c1-31-18-12-10-17(11-13-18)22-23(27-15-14-16-6-2-4-8-20(16)27)25(30)28(24(22)29)21-9-5-3-7-19(21)26/h2-13H,14-15H2,1H3. The Kier molecular flexibility index (Phi) is 4.75. The minimum Gasteiger partial charge on any atom is -0.497 e. The molecule has 0 radical (unpaired) electrons. The number of para-hydroxylation sites is 2. The summed E-state index contributed by atoms with van der Waals surface area (Å²) < 4.78 is 5.25. The number of methoxy groups -OCH3 is 1. The summed E-state index contributed by atoms with van der Waals surface area (Å²) in [6.07, 6.45) is 0.809. The van der Waals surface area contributed by atoms with Crippen LogP contribution in [0.2, 0.25) is 5.02 Å². The van der Waals surface area contributed by atoms with Gasteiger partial charge >= 0.3 is 0 Å². The summed E-state index contributed by atoms with van der Waals surface area (Å²) in [6.45, 7) is 0.629. The third-order valence-corrected chi connectivity index (χ3v) is 6.01. The fraction of sp³-hybridized carbons (Fsp3) is 0.120. The van der Waals surface area contributed by atoms with Crippen molar-refractivity contribution in [1.82, 2.24) is 0 Å². The van der Waals surface area contributed by atoms with Crippen molar-refractivity contribution in [3.05, 3.63) is 94.6 Å². The summed E-state index contributed by atoms with van der Waals surface area (Å²) in [6, 6.07) is 22.0. The van der Waals surface area contributed by atoms with E-state index < -0.39 is 0 Å². The van der Waals surface area contributed by atoms with Gasteiger partial charge in [0, 0.05) is 12.2 Å². The Morgan fingerprint density at radius 2 is 1.52 bits per heavy atom. The van der Waals surface area contributed by atoms with Crippen LogP contribution in [-0.4, -0.2) is 25.5 Å². The lowest BCUT2D eigenvalue weighted by atomic mass is 10.0. The second kappa shape index (κ2) is 7.60. The van der Waals surface area contributed by atoms with Gasteiger partial charge in [0.1, 0.15) is 11.4 Å². The zero-order valence-corrected chi connectivity index (χ0v) is 17.6. The molecule has 0 aliphatic carbocycles. The number of hydrogen-bond donors (Lipinski definition) is 0. The summed E-state index contributed by atoms with van der Waals surface area (Å²) in [5.41, 5.74) is 3.89. The number of carbonyl (C=O) groups is 2. The first-order valence-corrected chi connectivity index (χ1v) is 10.4. The molecule has 31 heavy (non-hydrogen) atoms. The Balaban J connectivity index is 1.69. The molecule has 0 aromatic heterocycles. The number of benzene rings is 3. The first-order chi connectivity index (χ1) is 15.1. The molecular weight excluding hydrogens is 412 g/mol. The zero-order chi connectivity index (χ0) is 21.5. The van der Waals surface area contributed by atoms with Gasteiger partial charge in [-0.05, 0) is 47.9 Å². The average molecular weight is 431 g/mol. The lowest BCUT2D eigenvalue weighted by molar-refractivity contribution is -0.120. The lowest BCUT2D eigenvalue weighted by Gasteiger charge is -2.22. The molecule has 6 heteroatoms. The van der Waals surface area contributed by atoms with Gasteiger partial charge in [0.15, 0.2) is 0 Å². The Morgan fingerprint density at radius 3 is 2.23 bits per heavy atom. The van der Waals surface area contributed by atoms with Crippen LogP contribution in [0.4, 0.5) is 11.4 Å². The fourth-order valence-corrected chi connectivity index (χ4v) is 4.43. The molecule has 5 rings (SSSR count). The number of rotatable bonds is 4. The topological polar surface area (TPSA) is 49.9 Å². The Bertz CT molecular complexity index is 1230. The minimum atomic E-state index is -0.386. The predicted molar refractivity (Wildman–Crippen MR) is 121 cm³/mol. The van der Waals surface area contributed by atoms with Gasteiger partial charge in [0.2, 0.25) is 0 Å². The lowest BCUT2D eigenvalue weighted by Crippen LogP contribution is -2.35. The summed E-state index contributed by atoms with van der Waals surface area (Å²) in [7, 11) is 1.59. The van der Waals surface area contributed by atoms with Gasteiger partial charge in [0.25, 0.3) is 11.8 Å². The molecule has 0 atom stereocenters. The van der Waals surface area contributed by atoms with E-state index in [9.17, 15) is 9.59 Å². The molecule has 154 valence electrons. The van der Waals surface area contributed by atoms with Gasteiger partial charge < -0.3 is 9.64 Å². The normalized spacial score (nSPS) is 15.7. The van der Waals surface area contributed by atoms with Gasteiger partial charge in [-0.2, -0.15) is 0 Å². The molecule has 0 unspecified atom stereocenters. The van der Waals surface area contributed by atoms with Crippen molar-refractivity contribution in [2.45, 2.75) is 6.42 Å². The molecule has 2 aliphatic rings. The van der Waals surface area contributed by atoms with Crippen LogP contribution in [0, 0.1) is 0 Å². The highest BCUT2D eigenvalue weighted by molar-refractivity contribution is 6.48. The number of imide groups is 1. The quantitative estimate of drug-likeness (QED) is 0.563. The van der Waals surface area contributed by atoms with Crippen LogP contribution < -0.4 is 14.5 Å². The molecule has 0 N–H and O–H groups in total. The third-order valence-electron chi connectivity index (χ3n) is 5.69.